The second-order valence-corrected chi connectivity index (χ2v) is 5.14. The summed E-state index contributed by atoms with van der Waals surface area (Å²) in [7, 11) is 0. The van der Waals surface area contributed by atoms with Gasteiger partial charge in [-0.25, -0.2) is 0 Å². The number of rotatable bonds is 6. The van der Waals surface area contributed by atoms with Crippen LogP contribution in [-0.4, -0.2) is 12.2 Å². The third-order valence-corrected chi connectivity index (χ3v) is 3.11. The molecule has 1 unspecified atom stereocenters. The Morgan fingerprint density at radius 2 is 1.55 bits per heavy atom. The number of hydrogen-bond acceptors (Lipinski definition) is 2. The van der Waals surface area contributed by atoms with E-state index < -0.39 is 12.6 Å². The minimum absolute atomic E-state index is 0.0474. The van der Waals surface area contributed by atoms with Crippen LogP contribution in [0.25, 0.3) is 0 Å². The first-order chi connectivity index (χ1) is 10.4. The summed E-state index contributed by atoms with van der Waals surface area (Å²) in [4.78, 5) is 0. The predicted molar refractivity (Wildman–Crippen MR) is 81.3 cm³/mol. The third kappa shape index (κ3) is 5.68. The monoisotopic (exact) mass is 309 g/mol. The van der Waals surface area contributed by atoms with Crippen LogP contribution in [0.1, 0.15) is 19.8 Å². The molecule has 0 bridgehead atoms. The summed E-state index contributed by atoms with van der Waals surface area (Å²) < 4.78 is 42.2. The fourth-order valence-electron chi connectivity index (χ4n) is 1.98. The van der Waals surface area contributed by atoms with Gasteiger partial charge in [0.25, 0.3) is 0 Å². The van der Waals surface area contributed by atoms with Crippen molar-refractivity contribution in [2.75, 3.05) is 5.32 Å². The maximum atomic E-state index is 12.2. The standard InChI is InChI=1S/C17H18F3NO/c1-13(11-12-17(18,19)20)21-14-7-9-16(10-8-14)22-15-5-3-2-4-6-15/h2-10,13,21H,11-12H2,1H3. The van der Waals surface area contributed by atoms with E-state index in [1.165, 1.54) is 0 Å². The van der Waals surface area contributed by atoms with Crippen molar-refractivity contribution in [3.05, 3.63) is 54.6 Å². The van der Waals surface area contributed by atoms with Crippen molar-refractivity contribution < 1.29 is 17.9 Å². The Balaban J connectivity index is 1.86. The molecule has 0 heterocycles. The lowest BCUT2D eigenvalue weighted by Gasteiger charge is -2.16. The summed E-state index contributed by atoms with van der Waals surface area (Å²) in [6.07, 6.45) is -4.84. The molecule has 1 N–H and O–H groups in total. The maximum absolute atomic E-state index is 12.2. The summed E-state index contributed by atoms with van der Waals surface area (Å²) in [5.41, 5.74) is 0.773. The number of hydrogen-bond donors (Lipinski definition) is 1. The lowest BCUT2D eigenvalue weighted by molar-refractivity contribution is -0.135. The molecule has 0 aliphatic heterocycles. The molecule has 0 fully saturated rings. The van der Waals surface area contributed by atoms with Crippen LogP contribution in [0.15, 0.2) is 54.6 Å². The molecular formula is C17H18F3NO. The normalized spacial score (nSPS) is 12.7. The highest BCUT2D eigenvalue weighted by atomic mass is 19.4. The smallest absolute Gasteiger partial charge is 0.389 e. The summed E-state index contributed by atoms with van der Waals surface area (Å²) in [5.74, 6) is 1.42. The second-order valence-electron chi connectivity index (χ2n) is 5.14. The number of benzene rings is 2. The lowest BCUT2D eigenvalue weighted by atomic mass is 10.1. The van der Waals surface area contributed by atoms with Gasteiger partial charge in [0, 0.05) is 18.2 Å². The van der Waals surface area contributed by atoms with Crippen LogP contribution in [0.4, 0.5) is 18.9 Å². The summed E-state index contributed by atoms with van der Waals surface area (Å²) in [5, 5.41) is 3.05. The van der Waals surface area contributed by atoms with Crippen LogP contribution < -0.4 is 10.1 Å². The average Bonchev–Trinajstić information content (AvgIpc) is 2.48. The van der Waals surface area contributed by atoms with Gasteiger partial charge in [-0.1, -0.05) is 18.2 Å². The molecule has 2 rings (SSSR count). The van der Waals surface area contributed by atoms with Crippen molar-refractivity contribution in [2.45, 2.75) is 32.0 Å². The van der Waals surface area contributed by atoms with Gasteiger partial charge < -0.3 is 10.1 Å². The lowest BCUT2D eigenvalue weighted by Crippen LogP contribution is -2.19. The Bertz CT molecular complexity index is 567. The fourth-order valence-corrected chi connectivity index (χ4v) is 1.98. The van der Waals surface area contributed by atoms with Crippen molar-refractivity contribution in [3.8, 4) is 11.5 Å². The third-order valence-electron chi connectivity index (χ3n) is 3.11. The van der Waals surface area contributed by atoms with E-state index in [0.717, 1.165) is 11.4 Å². The highest BCUT2D eigenvalue weighted by molar-refractivity contribution is 5.47. The van der Waals surface area contributed by atoms with E-state index in [2.05, 4.69) is 5.32 Å². The van der Waals surface area contributed by atoms with Gasteiger partial charge >= 0.3 is 6.18 Å². The van der Waals surface area contributed by atoms with Crippen molar-refractivity contribution in [3.63, 3.8) is 0 Å². The van der Waals surface area contributed by atoms with Gasteiger partial charge in [0.15, 0.2) is 0 Å². The van der Waals surface area contributed by atoms with Gasteiger partial charge in [-0.05, 0) is 49.7 Å². The molecule has 118 valence electrons. The molecule has 0 spiro atoms. The molecule has 0 radical (unpaired) electrons. The summed E-state index contributed by atoms with van der Waals surface area (Å²) in [6.45, 7) is 1.74. The zero-order valence-electron chi connectivity index (χ0n) is 12.2. The number of para-hydroxylation sites is 1. The largest absolute Gasteiger partial charge is 0.457 e. The zero-order chi connectivity index (χ0) is 16.0. The van der Waals surface area contributed by atoms with E-state index in [0.29, 0.717) is 5.75 Å². The minimum Gasteiger partial charge on any atom is -0.457 e. The Labute approximate surface area is 127 Å². The number of halogens is 3. The van der Waals surface area contributed by atoms with Gasteiger partial charge in [-0.2, -0.15) is 13.2 Å². The molecule has 0 amide bonds. The quantitative estimate of drug-likeness (QED) is 0.747. The SMILES string of the molecule is CC(CCC(F)(F)F)Nc1ccc(Oc2ccccc2)cc1. The highest BCUT2D eigenvalue weighted by Gasteiger charge is 2.27. The Kier molecular flexibility index (Phi) is 5.31. The molecule has 2 aromatic rings. The predicted octanol–water partition coefficient (Wildman–Crippen LogP) is 5.62. The van der Waals surface area contributed by atoms with Gasteiger partial charge in [0.1, 0.15) is 11.5 Å². The molecule has 2 nitrogen and oxygen atoms in total. The van der Waals surface area contributed by atoms with Crippen molar-refractivity contribution in [1.82, 2.24) is 0 Å². The number of nitrogens with one attached hydrogen (secondary N) is 1. The second kappa shape index (κ2) is 7.20. The first-order valence-corrected chi connectivity index (χ1v) is 7.09. The van der Waals surface area contributed by atoms with Gasteiger partial charge in [-0.15, -0.1) is 0 Å². The van der Waals surface area contributed by atoms with E-state index >= 15 is 0 Å². The van der Waals surface area contributed by atoms with E-state index in [4.69, 9.17) is 4.74 Å². The Morgan fingerprint density at radius 3 is 2.14 bits per heavy atom. The topological polar surface area (TPSA) is 21.3 Å². The zero-order valence-corrected chi connectivity index (χ0v) is 12.2. The molecule has 22 heavy (non-hydrogen) atoms. The maximum Gasteiger partial charge on any atom is 0.389 e. The molecule has 1 atom stereocenters. The number of ether oxygens (including phenoxy) is 1. The van der Waals surface area contributed by atoms with Crippen LogP contribution in [0.5, 0.6) is 11.5 Å². The molecule has 0 saturated carbocycles. The summed E-state index contributed by atoms with van der Waals surface area (Å²) in [6, 6.07) is 16.3. The molecular weight excluding hydrogens is 291 g/mol. The minimum atomic E-state index is -4.11. The fraction of sp³-hybridized carbons (Fsp3) is 0.294. The van der Waals surface area contributed by atoms with Crippen molar-refractivity contribution in [2.24, 2.45) is 0 Å². The van der Waals surface area contributed by atoms with Gasteiger partial charge in [-0.3, -0.25) is 0 Å². The van der Waals surface area contributed by atoms with Crippen LogP contribution in [0.2, 0.25) is 0 Å². The van der Waals surface area contributed by atoms with Crippen LogP contribution >= 0.6 is 0 Å². The van der Waals surface area contributed by atoms with Crippen molar-refractivity contribution >= 4 is 5.69 Å². The number of alkyl halides is 3. The molecule has 5 heteroatoms. The van der Waals surface area contributed by atoms with Crippen LogP contribution in [0.3, 0.4) is 0 Å². The van der Waals surface area contributed by atoms with Crippen LogP contribution in [-0.2, 0) is 0 Å². The summed E-state index contributed by atoms with van der Waals surface area (Å²) >= 11 is 0. The Morgan fingerprint density at radius 1 is 0.955 bits per heavy atom. The average molecular weight is 309 g/mol. The Hall–Kier alpha value is -2.17. The molecule has 0 aliphatic carbocycles. The molecule has 0 saturated heterocycles. The van der Waals surface area contributed by atoms with E-state index in [1.54, 1.807) is 31.2 Å². The first-order valence-electron chi connectivity index (χ1n) is 7.09. The van der Waals surface area contributed by atoms with E-state index in [-0.39, 0.29) is 12.5 Å². The molecule has 2 aromatic carbocycles. The highest BCUT2D eigenvalue weighted by Crippen LogP contribution is 2.25. The van der Waals surface area contributed by atoms with Crippen LogP contribution in [0, 0.1) is 0 Å². The van der Waals surface area contributed by atoms with Gasteiger partial charge in [0.05, 0.1) is 0 Å². The van der Waals surface area contributed by atoms with E-state index in [1.807, 2.05) is 30.3 Å². The van der Waals surface area contributed by atoms with Crippen molar-refractivity contribution in [1.29, 1.82) is 0 Å². The molecule has 0 aromatic heterocycles. The van der Waals surface area contributed by atoms with E-state index in [9.17, 15) is 13.2 Å². The molecule has 0 aliphatic rings. The first kappa shape index (κ1) is 16.2. The number of anilines is 1. The van der Waals surface area contributed by atoms with Gasteiger partial charge in [0.2, 0.25) is 0 Å².